The van der Waals surface area contributed by atoms with Gasteiger partial charge in [-0.25, -0.2) is 4.68 Å². The largest absolute Gasteiger partial charge is 0.325 e. The van der Waals surface area contributed by atoms with Crippen LogP contribution in [0.5, 0.6) is 0 Å². The lowest BCUT2D eigenvalue weighted by molar-refractivity contribution is -0.116. The number of hydrogen-bond donors (Lipinski definition) is 2. The summed E-state index contributed by atoms with van der Waals surface area (Å²) in [6, 6.07) is 7.03. The Kier molecular flexibility index (Phi) is 3.91. The maximum absolute atomic E-state index is 11.7. The maximum atomic E-state index is 11.7. The zero-order valence-electron chi connectivity index (χ0n) is 9.51. The van der Waals surface area contributed by atoms with Crippen LogP contribution in [0.15, 0.2) is 30.5 Å². The Hall–Kier alpha value is -1.92. The molecule has 2 rings (SSSR count). The number of hydrogen-bond acceptors (Lipinski definition) is 4. The first-order chi connectivity index (χ1) is 8.69. The van der Waals surface area contributed by atoms with Gasteiger partial charge < -0.3 is 11.1 Å². The molecule has 1 amide bonds. The molecule has 0 bridgehead atoms. The number of amides is 1. The lowest BCUT2D eigenvalue weighted by Gasteiger charge is -2.06. The standard InChI is InChI=1S/C11H12ClN5O/c12-9-3-1-2-4-10(9)14-11(18)7-17-6-8(5-13)15-16-17/h1-4,6H,5,7,13H2,(H,14,18). The van der Waals surface area contributed by atoms with Gasteiger partial charge in [0, 0.05) is 6.54 Å². The number of nitrogens with zero attached hydrogens (tertiary/aromatic N) is 3. The summed E-state index contributed by atoms with van der Waals surface area (Å²) < 4.78 is 1.42. The van der Waals surface area contributed by atoms with Crippen molar-refractivity contribution < 1.29 is 4.79 Å². The molecular formula is C11H12ClN5O. The molecule has 1 aromatic heterocycles. The number of nitrogens with two attached hydrogens (primary N) is 1. The van der Waals surface area contributed by atoms with Gasteiger partial charge >= 0.3 is 0 Å². The molecule has 0 spiro atoms. The van der Waals surface area contributed by atoms with Crippen molar-refractivity contribution in [1.29, 1.82) is 0 Å². The van der Waals surface area contributed by atoms with Crippen LogP contribution in [-0.2, 0) is 17.9 Å². The Morgan fingerprint density at radius 2 is 2.22 bits per heavy atom. The molecule has 0 aliphatic carbocycles. The van der Waals surface area contributed by atoms with Crippen LogP contribution in [0, 0.1) is 0 Å². The predicted molar refractivity (Wildman–Crippen MR) is 68.0 cm³/mol. The minimum Gasteiger partial charge on any atom is -0.325 e. The summed E-state index contributed by atoms with van der Waals surface area (Å²) in [5.74, 6) is -0.225. The predicted octanol–water partition coefficient (Wildman–Crippen LogP) is 1.03. The highest BCUT2D eigenvalue weighted by atomic mass is 35.5. The molecule has 0 aliphatic heterocycles. The Labute approximate surface area is 109 Å². The maximum Gasteiger partial charge on any atom is 0.246 e. The van der Waals surface area contributed by atoms with Gasteiger partial charge in [0.2, 0.25) is 5.91 Å². The summed E-state index contributed by atoms with van der Waals surface area (Å²) >= 11 is 5.93. The van der Waals surface area contributed by atoms with Gasteiger partial charge in [-0.2, -0.15) is 0 Å². The molecule has 0 unspecified atom stereocenters. The van der Waals surface area contributed by atoms with Crippen molar-refractivity contribution in [3.63, 3.8) is 0 Å². The van der Waals surface area contributed by atoms with Crippen molar-refractivity contribution >= 4 is 23.2 Å². The van der Waals surface area contributed by atoms with Crippen LogP contribution in [0.3, 0.4) is 0 Å². The summed E-state index contributed by atoms with van der Waals surface area (Å²) in [7, 11) is 0. The van der Waals surface area contributed by atoms with E-state index in [0.717, 1.165) is 0 Å². The lowest BCUT2D eigenvalue weighted by Crippen LogP contribution is -2.19. The Bertz CT molecular complexity index is 554. The third-order valence-corrected chi connectivity index (χ3v) is 2.58. The molecule has 0 aliphatic rings. The fourth-order valence-electron chi connectivity index (χ4n) is 1.41. The van der Waals surface area contributed by atoms with Crippen molar-refractivity contribution in [2.24, 2.45) is 5.73 Å². The van der Waals surface area contributed by atoms with Gasteiger partial charge in [0.05, 0.1) is 22.6 Å². The fourth-order valence-corrected chi connectivity index (χ4v) is 1.59. The van der Waals surface area contributed by atoms with Crippen molar-refractivity contribution in [3.8, 4) is 0 Å². The molecular weight excluding hydrogens is 254 g/mol. The van der Waals surface area contributed by atoms with E-state index in [4.69, 9.17) is 17.3 Å². The van der Waals surface area contributed by atoms with Gasteiger partial charge in [-0.15, -0.1) is 5.10 Å². The number of para-hydroxylation sites is 1. The number of benzene rings is 1. The average Bonchev–Trinajstić information content (AvgIpc) is 2.80. The minimum atomic E-state index is -0.225. The number of rotatable bonds is 4. The third kappa shape index (κ3) is 3.06. The minimum absolute atomic E-state index is 0.0677. The summed E-state index contributed by atoms with van der Waals surface area (Å²) in [6.45, 7) is 0.365. The van der Waals surface area contributed by atoms with Gasteiger partial charge in [0.1, 0.15) is 6.54 Å². The highest BCUT2D eigenvalue weighted by molar-refractivity contribution is 6.33. The van der Waals surface area contributed by atoms with Gasteiger partial charge in [0.15, 0.2) is 0 Å². The Balaban J connectivity index is 1.99. The Morgan fingerprint density at radius 3 is 2.89 bits per heavy atom. The fraction of sp³-hybridized carbons (Fsp3) is 0.182. The number of nitrogens with one attached hydrogen (secondary N) is 1. The number of halogens is 1. The summed E-state index contributed by atoms with van der Waals surface area (Å²) in [4.78, 5) is 11.7. The van der Waals surface area contributed by atoms with Gasteiger partial charge in [-0.3, -0.25) is 4.79 Å². The van der Waals surface area contributed by atoms with Crippen molar-refractivity contribution in [3.05, 3.63) is 41.2 Å². The van der Waals surface area contributed by atoms with E-state index in [2.05, 4.69) is 15.6 Å². The van der Waals surface area contributed by atoms with E-state index in [1.807, 2.05) is 0 Å². The molecule has 0 fully saturated rings. The van der Waals surface area contributed by atoms with Crippen LogP contribution in [0.25, 0.3) is 0 Å². The van der Waals surface area contributed by atoms with Crippen molar-refractivity contribution in [1.82, 2.24) is 15.0 Å². The smallest absolute Gasteiger partial charge is 0.246 e. The SMILES string of the molecule is NCc1cn(CC(=O)Nc2ccccc2Cl)nn1. The summed E-state index contributed by atoms with van der Waals surface area (Å²) in [5, 5.41) is 10.8. The number of anilines is 1. The quantitative estimate of drug-likeness (QED) is 0.865. The third-order valence-electron chi connectivity index (χ3n) is 2.25. The Morgan fingerprint density at radius 1 is 1.44 bits per heavy atom. The molecule has 0 atom stereocenters. The van der Waals surface area contributed by atoms with Crippen LogP contribution >= 0.6 is 11.6 Å². The molecule has 94 valence electrons. The first-order valence-electron chi connectivity index (χ1n) is 5.32. The van der Waals surface area contributed by atoms with Crippen LogP contribution < -0.4 is 11.1 Å². The molecule has 3 N–H and O–H groups in total. The molecule has 0 radical (unpaired) electrons. The van der Waals surface area contributed by atoms with Crippen LogP contribution in [0.2, 0.25) is 5.02 Å². The number of carbonyl (C=O) groups is 1. The van der Waals surface area contributed by atoms with Crippen LogP contribution in [0.4, 0.5) is 5.69 Å². The van der Waals surface area contributed by atoms with E-state index in [-0.39, 0.29) is 12.5 Å². The summed E-state index contributed by atoms with van der Waals surface area (Å²) in [6.07, 6.45) is 1.63. The van der Waals surface area contributed by atoms with E-state index < -0.39 is 0 Å². The molecule has 6 nitrogen and oxygen atoms in total. The molecule has 1 aromatic carbocycles. The number of carbonyl (C=O) groups excluding carboxylic acids is 1. The highest BCUT2D eigenvalue weighted by Gasteiger charge is 2.07. The summed E-state index contributed by atoms with van der Waals surface area (Å²) in [5.41, 5.74) is 6.62. The molecule has 18 heavy (non-hydrogen) atoms. The zero-order valence-corrected chi connectivity index (χ0v) is 10.3. The second-order valence-electron chi connectivity index (χ2n) is 3.64. The van der Waals surface area contributed by atoms with Gasteiger partial charge in [-0.1, -0.05) is 28.9 Å². The second kappa shape index (κ2) is 5.61. The first-order valence-corrected chi connectivity index (χ1v) is 5.70. The van der Waals surface area contributed by atoms with E-state index in [9.17, 15) is 4.79 Å². The molecule has 0 saturated heterocycles. The zero-order chi connectivity index (χ0) is 13.0. The lowest BCUT2D eigenvalue weighted by atomic mass is 10.3. The topological polar surface area (TPSA) is 85.8 Å². The molecule has 1 heterocycles. The average molecular weight is 266 g/mol. The monoisotopic (exact) mass is 265 g/mol. The van der Waals surface area contributed by atoms with E-state index >= 15 is 0 Å². The van der Waals surface area contributed by atoms with Gasteiger partial charge in [0.25, 0.3) is 0 Å². The van der Waals surface area contributed by atoms with E-state index in [0.29, 0.717) is 22.9 Å². The molecule has 2 aromatic rings. The highest BCUT2D eigenvalue weighted by Crippen LogP contribution is 2.20. The number of aromatic nitrogens is 3. The van der Waals surface area contributed by atoms with Gasteiger partial charge in [-0.05, 0) is 12.1 Å². The van der Waals surface area contributed by atoms with Crippen LogP contribution in [0.1, 0.15) is 5.69 Å². The molecule has 0 saturated carbocycles. The van der Waals surface area contributed by atoms with Crippen molar-refractivity contribution in [2.75, 3.05) is 5.32 Å². The van der Waals surface area contributed by atoms with Crippen molar-refractivity contribution in [2.45, 2.75) is 13.1 Å². The van der Waals surface area contributed by atoms with E-state index in [1.165, 1.54) is 4.68 Å². The second-order valence-corrected chi connectivity index (χ2v) is 4.05. The van der Waals surface area contributed by atoms with Crippen LogP contribution in [-0.4, -0.2) is 20.9 Å². The van der Waals surface area contributed by atoms with E-state index in [1.54, 1.807) is 30.5 Å². The normalized spacial score (nSPS) is 10.3. The molecule has 7 heteroatoms. The first kappa shape index (κ1) is 12.5.